The van der Waals surface area contributed by atoms with Crippen LogP contribution in [0, 0.1) is 0 Å². The van der Waals surface area contributed by atoms with Crippen molar-refractivity contribution in [3.05, 3.63) is 35.9 Å². The molecule has 0 bridgehead atoms. The smallest absolute Gasteiger partial charge is 0.235 e. The van der Waals surface area contributed by atoms with Crippen molar-refractivity contribution in [1.82, 2.24) is 4.90 Å². The monoisotopic (exact) mass is 314 g/mol. The normalized spacial score (nSPS) is 17.4. The molecule has 1 amide bonds. The van der Waals surface area contributed by atoms with Gasteiger partial charge in [0, 0.05) is 24.9 Å². The van der Waals surface area contributed by atoms with Gasteiger partial charge in [0.2, 0.25) is 5.91 Å². The summed E-state index contributed by atoms with van der Waals surface area (Å²) in [6.07, 6.45) is 1.86. The van der Waals surface area contributed by atoms with Crippen LogP contribution >= 0.6 is 24.2 Å². The maximum atomic E-state index is 12.3. The van der Waals surface area contributed by atoms with Gasteiger partial charge in [0.25, 0.3) is 0 Å². The Labute approximate surface area is 131 Å². The molecule has 1 heterocycles. The third-order valence-electron chi connectivity index (χ3n) is 3.54. The van der Waals surface area contributed by atoms with Crippen LogP contribution in [0.3, 0.4) is 0 Å². The number of nitrogens with two attached hydrogens (primary N) is 1. The Bertz CT molecular complexity index is 408. The van der Waals surface area contributed by atoms with Crippen molar-refractivity contribution in [2.75, 3.05) is 13.1 Å². The summed E-state index contributed by atoms with van der Waals surface area (Å²) < 4.78 is 0. The number of hydrogen-bond donors (Lipinski definition) is 1. The lowest BCUT2D eigenvalue weighted by Gasteiger charge is -2.32. The van der Waals surface area contributed by atoms with Crippen molar-refractivity contribution >= 4 is 30.1 Å². The summed E-state index contributed by atoms with van der Waals surface area (Å²) in [7, 11) is 0. The van der Waals surface area contributed by atoms with Crippen LogP contribution in [0.5, 0.6) is 0 Å². The number of amides is 1. The fourth-order valence-corrected chi connectivity index (χ4v) is 3.17. The highest BCUT2D eigenvalue weighted by atomic mass is 35.5. The number of hydrogen-bond acceptors (Lipinski definition) is 3. The predicted molar refractivity (Wildman–Crippen MR) is 88.2 cm³/mol. The summed E-state index contributed by atoms with van der Waals surface area (Å²) in [5.41, 5.74) is 7.14. The minimum atomic E-state index is 0. The van der Waals surface area contributed by atoms with Crippen LogP contribution in [-0.2, 0) is 10.5 Å². The number of thioether (sulfide) groups is 1. The molecule has 112 valence electrons. The van der Waals surface area contributed by atoms with Crippen LogP contribution in [0.2, 0.25) is 0 Å². The summed E-state index contributed by atoms with van der Waals surface area (Å²) in [5.74, 6) is 1.15. The highest BCUT2D eigenvalue weighted by Crippen LogP contribution is 2.20. The van der Waals surface area contributed by atoms with E-state index in [-0.39, 0.29) is 29.6 Å². The molecule has 0 radical (unpaired) electrons. The molecule has 1 aliphatic rings. The van der Waals surface area contributed by atoms with Gasteiger partial charge in [-0.25, -0.2) is 0 Å². The van der Waals surface area contributed by atoms with Gasteiger partial charge in [0.05, 0.1) is 5.25 Å². The average Bonchev–Trinajstić information content (AvgIpc) is 2.46. The Kier molecular flexibility index (Phi) is 7.41. The molecule has 2 rings (SSSR count). The van der Waals surface area contributed by atoms with Gasteiger partial charge >= 0.3 is 0 Å². The molecule has 0 spiro atoms. The van der Waals surface area contributed by atoms with E-state index in [1.165, 1.54) is 5.56 Å². The molecule has 1 atom stereocenters. The first-order valence-corrected chi connectivity index (χ1v) is 7.91. The van der Waals surface area contributed by atoms with Crippen LogP contribution < -0.4 is 5.73 Å². The lowest BCUT2D eigenvalue weighted by Crippen LogP contribution is -2.45. The first kappa shape index (κ1) is 17.3. The second-order valence-corrected chi connectivity index (χ2v) is 6.43. The maximum absolute atomic E-state index is 12.3. The largest absolute Gasteiger partial charge is 0.342 e. The van der Waals surface area contributed by atoms with Gasteiger partial charge in [-0.3, -0.25) is 4.79 Å². The van der Waals surface area contributed by atoms with Crippen molar-refractivity contribution in [3.63, 3.8) is 0 Å². The van der Waals surface area contributed by atoms with Crippen LogP contribution in [-0.4, -0.2) is 35.2 Å². The fourth-order valence-electron chi connectivity index (χ4n) is 2.24. The maximum Gasteiger partial charge on any atom is 0.235 e. The molecule has 1 aliphatic heterocycles. The first-order chi connectivity index (χ1) is 9.16. The molecule has 0 saturated carbocycles. The highest BCUT2D eigenvalue weighted by molar-refractivity contribution is 7.99. The lowest BCUT2D eigenvalue weighted by molar-refractivity contribution is -0.131. The summed E-state index contributed by atoms with van der Waals surface area (Å²) in [4.78, 5) is 14.3. The van der Waals surface area contributed by atoms with Gasteiger partial charge in [-0.05, 0) is 25.3 Å². The molecule has 1 unspecified atom stereocenters. The number of halogens is 1. The Morgan fingerprint density at radius 1 is 1.35 bits per heavy atom. The van der Waals surface area contributed by atoms with Gasteiger partial charge in [-0.1, -0.05) is 30.3 Å². The molecule has 3 nitrogen and oxygen atoms in total. The van der Waals surface area contributed by atoms with E-state index in [0.717, 1.165) is 31.7 Å². The van der Waals surface area contributed by atoms with Gasteiger partial charge < -0.3 is 10.6 Å². The quantitative estimate of drug-likeness (QED) is 0.929. The van der Waals surface area contributed by atoms with Gasteiger partial charge in [0.1, 0.15) is 0 Å². The summed E-state index contributed by atoms with van der Waals surface area (Å²) in [5, 5.41) is 0.0227. The molecule has 1 aromatic rings. The molecule has 2 N–H and O–H groups in total. The number of rotatable bonds is 4. The van der Waals surface area contributed by atoms with Crippen LogP contribution in [0.1, 0.15) is 25.3 Å². The topological polar surface area (TPSA) is 46.3 Å². The molecule has 0 aliphatic carbocycles. The predicted octanol–water partition coefficient (Wildman–Crippen LogP) is 2.68. The van der Waals surface area contributed by atoms with E-state index < -0.39 is 0 Å². The SMILES string of the molecule is CC(SCc1ccccc1)C(=O)N1CCC(N)CC1.Cl. The highest BCUT2D eigenvalue weighted by Gasteiger charge is 2.24. The second kappa shape index (κ2) is 8.55. The molecule has 1 saturated heterocycles. The zero-order valence-corrected chi connectivity index (χ0v) is 13.5. The summed E-state index contributed by atoms with van der Waals surface area (Å²) >= 11 is 1.71. The molecule has 0 aromatic heterocycles. The number of carbonyl (C=O) groups excluding carboxylic acids is 1. The van der Waals surface area contributed by atoms with Crippen molar-refractivity contribution in [2.24, 2.45) is 5.73 Å². The van der Waals surface area contributed by atoms with Crippen molar-refractivity contribution < 1.29 is 4.79 Å². The van der Waals surface area contributed by atoms with E-state index in [2.05, 4.69) is 12.1 Å². The number of benzene rings is 1. The van der Waals surface area contributed by atoms with E-state index in [0.29, 0.717) is 0 Å². The van der Waals surface area contributed by atoms with Gasteiger partial charge in [-0.2, -0.15) is 0 Å². The zero-order valence-electron chi connectivity index (χ0n) is 11.8. The van der Waals surface area contributed by atoms with Crippen molar-refractivity contribution in [1.29, 1.82) is 0 Å². The van der Waals surface area contributed by atoms with Crippen molar-refractivity contribution in [2.45, 2.75) is 36.8 Å². The molecule has 1 fully saturated rings. The summed E-state index contributed by atoms with van der Waals surface area (Å²) in [6.45, 7) is 3.64. The van der Waals surface area contributed by atoms with Gasteiger partial charge in [-0.15, -0.1) is 24.2 Å². The van der Waals surface area contributed by atoms with E-state index >= 15 is 0 Å². The lowest BCUT2D eigenvalue weighted by atomic mass is 10.1. The number of nitrogens with zero attached hydrogens (tertiary/aromatic N) is 1. The zero-order chi connectivity index (χ0) is 13.7. The Morgan fingerprint density at radius 3 is 2.55 bits per heavy atom. The average molecular weight is 315 g/mol. The van der Waals surface area contributed by atoms with E-state index in [4.69, 9.17) is 5.73 Å². The van der Waals surface area contributed by atoms with Crippen LogP contribution in [0.25, 0.3) is 0 Å². The molecule has 5 heteroatoms. The van der Waals surface area contributed by atoms with Gasteiger partial charge in [0.15, 0.2) is 0 Å². The minimum absolute atomic E-state index is 0. The van der Waals surface area contributed by atoms with Crippen LogP contribution in [0.4, 0.5) is 0 Å². The molecule has 1 aromatic carbocycles. The number of piperidine rings is 1. The minimum Gasteiger partial charge on any atom is -0.342 e. The molecular formula is C15H23ClN2OS. The Hall–Kier alpha value is -0.710. The standard InChI is InChI=1S/C15H22N2OS.ClH/c1-12(19-11-13-5-3-2-4-6-13)15(18)17-9-7-14(16)8-10-17;/h2-6,12,14H,7-11,16H2,1H3;1H. The van der Waals surface area contributed by atoms with E-state index in [1.807, 2.05) is 30.0 Å². The Morgan fingerprint density at radius 2 is 1.95 bits per heavy atom. The number of carbonyl (C=O) groups is 1. The third kappa shape index (κ3) is 5.00. The second-order valence-electron chi connectivity index (χ2n) is 5.10. The Balaban J connectivity index is 0.00000200. The van der Waals surface area contributed by atoms with Crippen LogP contribution in [0.15, 0.2) is 30.3 Å². The third-order valence-corrected chi connectivity index (χ3v) is 4.74. The number of likely N-dealkylation sites (tertiary alicyclic amines) is 1. The van der Waals surface area contributed by atoms with E-state index in [9.17, 15) is 4.79 Å². The van der Waals surface area contributed by atoms with E-state index in [1.54, 1.807) is 11.8 Å². The van der Waals surface area contributed by atoms with Crippen molar-refractivity contribution in [3.8, 4) is 0 Å². The molecular weight excluding hydrogens is 292 g/mol. The summed E-state index contributed by atoms with van der Waals surface area (Å²) in [6, 6.07) is 10.6. The fraction of sp³-hybridized carbons (Fsp3) is 0.533. The molecule has 20 heavy (non-hydrogen) atoms. The first-order valence-electron chi connectivity index (χ1n) is 6.86.